The summed E-state index contributed by atoms with van der Waals surface area (Å²) in [5, 5.41) is 2.80. The predicted octanol–water partition coefficient (Wildman–Crippen LogP) is 1.06. The van der Waals surface area contributed by atoms with Gasteiger partial charge in [0.15, 0.2) is 0 Å². The molecular weight excluding hydrogens is 216 g/mol. The Labute approximate surface area is 98.1 Å². The molecule has 5 nitrogen and oxygen atoms in total. The van der Waals surface area contributed by atoms with Crippen LogP contribution in [0.4, 0.5) is 5.69 Å². The first-order chi connectivity index (χ1) is 8.17. The van der Waals surface area contributed by atoms with Crippen LogP contribution in [0.5, 0.6) is 0 Å². The monoisotopic (exact) mass is 228 g/mol. The highest BCUT2D eigenvalue weighted by atomic mass is 16.2. The molecule has 1 aromatic heterocycles. The number of hydrogen-bond donors (Lipinski definition) is 2. The third-order valence-electron chi connectivity index (χ3n) is 2.97. The Balaban J connectivity index is 1.88. The van der Waals surface area contributed by atoms with Crippen LogP contribution in [0.15, 0.2) is 30.6 Å². The minimum Gasteiger partial charge on any atom is -0.324 e. The Hall–Kier alpha value is -2.01. The molecule has 0 spiro atoms. The van der Waals surface area contributed by atoms with Gasteiger partial charge in [-0.25, -0.2) is 0 Å². The average molecular weight is 228 g/mol. The number of carbonyl (C=O) groups excluding carboxylic acids is 1. The molecule has 1 amide bonds. The number of nitrogens with two attached hydrogens (primary N) is 1. The third kappa shape index (κ3) is 1.85. The van der Waals surface area contributed by atoms with E-state index in [1.807, 2.05) is 6.07 Å². The van der Waals surface area contributed by atoms with Gasteiger partial charge < -0.3 is 11.1 Å². The van der Waals surface area contributed by atoms with Crippen LogP contribution in [0.2, 0.25) is 0 Å². The van der Waals surface area contributed by atoms with Crippen LogP contribution >= 0.6 is 0 Å². The van der Waals surface area contributed by atoms with Crippen molar-refractivity contribution in [1.82, 2.24) is 9.97 Å². The fourth-order valence-corrected chi connectivity index (χ4v) is 1.66. The van der Waals surface area contributed by atoms with Gasteiger partial charge in [-0.2, -0.15) is 0 Å². The second-order valence-electron chi connectivity index (χ2n) is 4.37. The van der Waals surface area contributed by atoms with Crippen molar-refractivity contribution in [1.29, 1.82) is 0 Å². The lowest BCUT2D eigenvalue weighted by Crippen LogP contribution is -2.37. The quantitative estimate of drug-likeness (QED) is 0.805. The van der Waals surface area contributed by atoms with Gasteiger partial charge in [-0.05, 0) is 31.0 Å². The molecule has 0 saturated heterocycles. The molecular formula is C12H12N4O. The van der Waals surface area contributed by atoms with Crippen LogP contribution in [0, 0.1) is 0 Å². The van der Waals surface area contributed by atoms with E-state index >= 15 is 0 Å². The maximum atomic E-state index is 11.8. The minimum absolute atomic E-state index is 0.124. The fourth-order valence-electron chi connectivity index (χ4n) is 1.66. The van der Waals surface area contributed by atoms with Crippen LogP contribution in [-0.2, 0) is 4.79 Å². The largest absolute Gasteiger partial charge is 0.324 e. The molecule has 3 N–H and O–H groups in total. The molecule has 17 heavy (non-hydrogen) atoms. The number of hydrogen-bond acceptors (Lipinski definition) is 4. The number of fused-ring (bicyclic) bond motifs is 1. The van der Waals surface area contributed by atoms with Gasteiger partial charge in [0.2, 0.25) is 5.91 Å². The Morgan fingerprint density at radius 1 is 1.24 bits per heavy atom. The number of nitrogens with zero attached hydrogens (tertiary/aromatic N) is 2. The van der Waals surface area contributed by atoms with E-state index < -0.39 is 5.54 Å². The molecule has 0 radical (unpaired) electrons. The van der Waals surface area contributed by atoms with Crippen LogP contribution < -0.4 is 11.1 Å². The van der Waals surface area contributed by atoms with Gasteiger partial charge in [0.1, 0.15) is 0 Å². The SMILES string of the molecule is NC1(C(=O)Nc2ccc3nccnc3c2)CC1. The number of benzene rings is 1. The van der Waals surface area contributed by atoms with Gasteiger partial charge in [0.25, 0.3) is 0 Å². The first-order valence-corrected chi connectivity index (χ1v) is 5.48. The number of aromatic nitrogens is 2. The van der Waals surface area contributed by atoms with Gasteiger partial charge in [-0.15, -0.1) is 0 Å². The molecule has 1 heterocycles. The zero-order chi connectivity index (χ0) is 11.9. The van der Waals surface area contributed by atoms with Crippen molar-refractivity contribution in [3.63, 3.8) is 0 Å². The van der Waals surface area contributed by atoms with Gasteiger partial charge in [0.05, 0.1) is 16.6 Å². The van der Waals surface area contributed by atoms with E-state index in [-0.39, 0.29) is 5.91 Å². The zero-order valence-corrected chi connectivity index (χ0v) is 9.18. The Morgan fingerprint density at radius 3 is 2.65 bits per heavy atom. The van der Waals surface area contributed by atoms with Gasteiger partial charge in [-0.1, -0.05) is 0 Å². The van der Waals surface area contributed by atoms with Gasteiger partial charge in [0, 0.05) is 18.1 Å². The molecule has 1 aromatic carbocycles. The third-order valence-corrected chi connectivity index (χ3v) is 2.97. The zero-order valence-electron chi connectivity index (χ0n) is 9.18. The van der Waals surface area contributed by atoms with Crippen LogP contribution in [0.1, 0.15) is 12.8 Å². The summed E-state index contributed by atoms with van der Waals surface area (Å²) in [6.45, 7) is 0. The maximum Gasteiger partial charge on any atom is 0.244 e. The number of rotatable bonds is 2. The summed E-state index contributed by atoms with van der Waals surface area (Å²) in [7, 11) is 0. The van der Waals surface area contributed by atoms with Crippen molar-refractivity contribution in [3.8, 4) is 0 Å². The van der Waals surface area contributed by atoms with Crippen molar-refractivity contribution in [2.45, 2.75) is 18.4 Å². The van der Waals surface area contributed by atoms with Crippen LogP contribution in [-0.4, -0.2) is 21.4 Å². The first kappa shape index (κ1) is 10.2. The lowest BCUT2D eigenvalue weighted by Gasteiger charge is -2.10. The van der Waals surface area contributed by atoms with Crippen molar-refractivity contribution in [2.24, 2.45) is 5.73 Å². The molecule has 3 rings (SSSR count). The Morgan fingerprint density at radius 2 is 1.94 bits per heavy atom. The minimum atomic E-state index is -0.655. The maximum absolute atomic E-state index is 11.8. The van der Waals surface area contributed by atoms with E-state index in [2.05, 4.69) is 15.3 Å². The molecule has 1 aliphatic carbocycles. The highest BCUT2D eigenvalue weighted by Crippen LogP contribution is 2.33. The molecule has 2 aromatic rings. The van der Waals surface area contributed by atoms with E-state index in [9.17, 15) is 4.79 Å². The van der Waals surface area contributed by atoms with Crippen molar-refractivity contribution < 1.29 is 4.79 Å². The summed E-state index contributed by atoms with van der Waals surface area (Å²) in [4.78, 5) is 20.1. The topological polar surface area (TPSA) is 80.9 Å². The van der Waals surface area contributed by atoms with E-state index in [0.717, 1.165) is 23.9 Å². The van der Waals surface area contributed by atoms with Crippen LogP contribution in [0.3, 0.4) is 0 Å². The summed E-state index contributed by atoms with van der Waals surface area (Å²) < 4.78 is 0. The van der Waals surface area contributed by atoms with Crippen molar-refractivity contribution >= 4 is 22.6 Å². The molecule has 5 heteroatoms. The van der Waals surface area contributed by atoms with Crippen LogP contribution in [0.25, 0.3) is 11.0 Å². The summed E-state index contributed by atoms with van der Waals surface area (Å²) >= 11 is 0. The molecule has 1 fully saturated rings. The smallest absolute Gasteiger partial charge is 0.244 e. The number of nitrogens with one attached hydrogen (secondary N) is 1. The second kappa shape index (κ2) is 3.49. The molecule has 0 unspecified atom stereocenters. The predicted molar refractivity (Wildman–Crippen MR) is 64.3 cm³/mol. The average Bonchev–Trinajstić information content (AvgIpc) is 3.09. The molecule has 1 saturated carbocycles. The molecule has 86 valence electrons. The standard InChI is InChI=1S/C12H12N4O/c13-12(3-4-12)11(17)16-8-1-2-9-10(7-8)15-6-5-14-9/h1-2,5-7H,3-4,13H2,(H,16,17). The summed E-state index contributed by atoms with van der Waals surface area (Å²) in [5.41, 5.74) is 7.42. The highest BCUT2D eigenvalue weighted by molar-refractivity contribution is 6.00. The summed E-state index contributed by atoms with van der Waals surface area (Å²) in [5.74, 6) is -0.124. The van der Waals surface area contributed by atoms with E-state index in [0.29, 0.717) is 5.69 Å². The van der Waals surface area contributed by atoms with E-state index in [4.69, 9.17) is 5.73 Å². The number of carbonyl (C=O) groups is 1. The molecule has 1 aliphatic rings. The van der Waals surface area contributed by atoms with Crippen molar-refractivity contribution in [2.75, 3.05) is 5.32 Å². The Kier molecular flexibility index (Phi) is 2.09. The summed E-state index contributed by atoms with van der Waals surface area (Å²) in [6, 6.07) is 5.43. The lowest BCUT2D eigenvalue weighted by molar-refractivity contribution is -0.118. The molecule has 0 bridgehead atoms. The lowest BCUT2D eigenvalue weighted by atomic mass is 10.2. The van der Waals surface area contributed by atoms with E-state index in [1.165, 1.54) is 0 Å². The number of anilines is 1. The normalized spacial score (nSPS) is 16.8. The summed E-state index contributed by atoms with van der Waals surface area (Å²) in [6.07, 6.45) is 4.78. The van der Waals surface area contributed by atoms with E-state index in [1.54, 1.807) is 24.5 Å². The Bertz CT molecular complexity index is 592. The number of amides is 1. The van der Waals surface area contributed by atoms with Gasteiger partial charge in [-0.3, -0.25) is 14.8 Å². The highest BCUT2D eigenvalue weighted by Gasteiger charge is 2.45. The van der Waals surface area contributed by atoms with Gasteiger partial charge >= 0.3 is 0 Å². The first-order valence-electron chi connectivity index (χ1n) is 5.48. The molecule has 0 aliphatic heterocycles. The van der Waals surface area contributed by atoms with Crippen molar-refractivity contribution in [3.05, 3.63) is 30.6 Å². The second-order valence-corrected chi connectivity index (χ2v) is 4.37. The fraction of sp³-hybridized carbons (Fsp3) is 0.250. The molecule has 0 atom stereocenters.